The zero-order chi connectivity index (χ0) is 12.6. The molecule has 0 saturated carbocycles. The van der Waals surface area contributed by atoms with Crippen LogP contribution in [0.1, 0.15) is 13.8 Å². The number of nitrogens with zero attached hydrogens (tertiary/aromatic N) is 4. The number of nitro groups is 1. The van der Waals surface area contributed by atoms with Crippen molar-refractivity contribution in [1.29, 1.82) is 0 Å². The first-order valence-corrected chi connectivity index (χ1v) is 5.49. The molecule has 17 heavy (non-hydrogen) atoms. The van der Waals surface area contributed by atoms with Crippen molar-refractivity contribution < 1.29 is 10.0 Å². The minimum atomic E-state index is -0.621. The molecule has 94 valence electrons. The summed E-state index contributed by atoms with van der Waals surface area (Å²) in [6.07, 6.45) is 2.26. The largest absolute Gasteiger partial charge is 0.434 e. The number of aliphatic hydroxyl groups excluding tert-OH is 1. The maximum absolute atomic E-state index is 10.6. The Balaban J connectivity index is 1.92. The Morgan fingerprint density at radius 3 is 2.82 bits per heavy atom. The zero-order valence-electron chi connectivity index (χ0n) is 9.91. The first-order valence-electron chi connectivity index (χ1n) is 5.49. The van der Waals surface area contributed by atoms with Gasteiger partial charge in [-0.25, -0.2) is 4.57 Å². The molecule has 7 nitrogen and oxygen atoms in total. The summed E-state index contributed by atoms with van der Waals surface area (Å²) in [6, 6.07) is 0. The third-order valence-corrected chi connectivity index (χ3v) is 3.03. The van der Waals surface area contributed by atoms with Crippen LogP contribution >= 0.6 is 0 Å². The van der Waals surface area contributed by atoms with Crippen molar-refractivity contribution >= 4 is 5.95 Å². The Bertz CT molecular complexity index is 429. The fourth-order valence-corrected chi connectivity index (χ4v) is 1.90. The van der Waals surface area contributed by atoms with Crippen LogP contribution in [0, 0.1) is 10.1 Å². The van der Waals surface area contributed by atoms with E-state index in [0.717, 1.165) is 6.54 Å². The van der Waals surface area contributed by atoms with Crippen LogP contribution in [0.2, 0.25) is 0 Å². The average molecular weight is 240 g/mol. The van der Waals surface area contributed by atoms with E-state index < -0.39 is 11.0 Å². The normalized spacial score (nSPS) is 23.4. The van der Waals surface area contributed by atoms with Gasteiger partial charge in [0.05, 0.1) is 12.6 Å². The molecule has 1 saturated heterocycles. The smallest absolute Gasteiger partial charge is 0.390 e. The van der Waals surface area contributed by atoms with Crippen LogP contribution in [0.25, 0.3) is 0 Å². The van der Waals surface area contributed by atoms with Crippen LogP contribution in [0.5, 0.6) is 0 Å². The molecule has 0 aliphatic carbocycles. The highest BCUT2D eigenvalue weighted by Crippen LogP contribution is 2.30. The Morgan fingerprint density at radius 2 is 2.29 bits per heavy atom. The SMILES string of the molecule is CC1(C)CN1CC(O)Cn1ccnc1[N+](=O)[O-]. The van der Waals surface area contributed by atoms with Gasteiger partial charge in [0, 0.05) is 18.6 Å². The highest BCUT2D eigenvalue weighted by atomic mass is 16.6. The number of aliphatic hydroxyl groups is 1. The van der Waals surface area contributed by atoms with Crippen LogP contribution in [0.4, 0.5) is 5.95 Å². The number of imidazole rings is 1. The second kappa shape index (κ2) is 4.08. The Morgan fingerprint density at radius 1 is 1.65 bits per heavy atom. The molecule has 0 spiro atoms. The number of hydrogen-bond donors (Lipinski definition) is 1. The Kier molecular flexibility index (Phi) is 2.88. The second-order valence-electron chi connectivity index (χ2n) is 4.98. The van der Waals surface area contributed by atoms with Gasteiger partial charge in [0.25, 0.3) is 0 Å². The fourth-order valence-electron chi connectivity index (χ4n) is 1.90. The summed E-state index contributed by atoms with van der Waals surface area (Å²) in [5, 5.41) is 20.5. The van der Waals surface area contributed by atoms with Gasteiger partial charge in [-0.05, 0) is 18.8 Å². The van der Waals surface area contributed by atoms with E-state index >= 15 is 0 Å². The first kappa shape index (κ1) is 12.0. The van der Waals surface area contributed by atoms with Crippen LogP contribution in [0.15, 0.2) is 12.4 Å². The summed E-state index contributed by atoms with van der Waals surface area (Å²) in [7, 11) is 0. The molecular formula is C10H16N4O3. The van der Waals surface area contributed by atoms with Crippen LogP contribution in [0.3, 0.4) is 0 Å². The molecule has 1 aliphatic heterocycles. The second-order valence-corrected chi connectivity index (χ2v) is 4.98. The van der Waals surface area contributed by atoms with Crippen molar-refractivity contribution in [1.82, 2.24) is 14.5 Å². The topological polar surface area (TPSA) is 84.2 Å². The summed E-state index contributed by atoms with van der Waals surface area (Å²) in [4.78, 5) is 15.8. The van der Waals surface area contributed by atoms with E-state index in [1.807, 2.05) is 0 Å². The van der Waals surface area contributed by atoms with E-state index in [1.54, 1.807) is 0 Å². The monoisotopic (exact) mass is 240 g/mol. The van der Waals surface area contributed by atoms with Crippen molar-refractivity contribution in [2.24, 2.45) is 0 Å². The number of hydrogen-bond acceptors (Lipinski definition) is 5. The third-order valence-electron chi connectivity index (χ3n) is 3.03. The maximum atomic E-state index is 10.6. The van der Waals surface area contributed by atoms with Crippen LogP contribution in [-0.2, 0) is 6.54 Å². The van der Waals surface area contributed by atoms with Gasteiger partial charge in [-0.1, -0.05) is 4.98 Å². The maximum Gasteiger partial charge on any atom is 0.434 e. The van der Waals surface area contributed by atoms with Gasteiger partial charge >= 0.3 is 5.95 Å². The number of aromatic nitrogens is 2. The molecule has 2 atom stereocenters. The van der Waals surface area contributed by atoms with Gasteiger partial charge in [-0.3, -0.25) is 4.90 Å². The van der Waals surface area contributed by atoms with E-state index in [2.05, 4.69) is 23.7 Å². The molecule has 0 radical (unpaired) electrons. The molecule has 1 aliphatic rings. The predicted molar refractivity (Wildman–Crippen MR) is 60.5 cm³/mol. The third kappa shape index (κ3) is 2.62. The predicted octanol–water partition coefficient (Wildman–Crippen LogP) is 0.246. The lowest BCUT2D eigenvalue weighted by molar-refractivity contribution is -0.397. The van der Waals surface area contributed by atoms with Gasteiger partial charge in [-0.2, -0.15) is 0 Å². The van der Waals surface area contributed by atoms with E-state index in [9.17, 15) is 15.2 Å². The molecule has 2 rings (SSSR count). The van der Waals surface area contributed by atoms with E-state index in [0.29, 0.717) is 6.54 Å². The van der Waals surface area contributed by atoms with Crippen molar-refractivity contribution in [3.8, 4) is 0 Å². The molecule has 2 unspecified atom stereocenters. The molecule has 1 N–H and O–H groups in total. The summed E-state index contributed by atoms with van der Waals surface area (Å²) in [5.74, 6) is -0.228. The molecular weight excluding hydrogens is 224 g/mol. The summed E-state index contributed by atoms with van der Waals surface area (Å²) in [6.45, 7) is 5.88. The number of rotatable bonds is 5. The van der Waals surface area contributed by atoms with Crippen molar-refractivity contribution in [3.05, 3.63) is 22.5 Å². The lowest BCUT2D eigenvalue weighted by Crippen LogP contribution is -2.27. The number of β-amino-alcohol motifs (C(OH)–C–C–N with tert-alkyl or cyclic N) is 1. The van der Waals surface area contributed by atoms with E-state index in [-0.39, 0.29) is 18.0 Å². The lowest BCUT2D eigenvalue weighted by Gasteiger charge is -2.12. The molecule has 2 heterocycles. The molecule has 0 bridgehead atoms. The molecule has 1 aromatic heterocycles. The molecule has 1 fully saturated rings. The first-order chi connectivity index (χ1) is 7.90. The lowest BCUT2D eigenvalue weighted by atomic mass is 10.2. The Hall–Kier alpha value is -1.47. The molecule has 0 amide bonds. The van der Waals surface area contributed by atoms with E-state index in [4.69, 9.17) is 0 Å². The summed E-state index contributed by atoms with van der Waals surface area (Å²) >= 11 is 0. The quantitative estimate of drug-likeness (QED) is 0.453. The highest BCUT2D eigenvalue weighted by Gasteiger charge is 2.43. The highest BCUT2D eigenvalue weighted by molar-refractivity contribution is 5.07. The van der Waals surface area contributed by atoms with Crippen LogP contribution < -0.4 is 0 Å². The van der Waals surface area contributed by atoms with E-state index in [1.165, 1.54) is 17.0 Å². The van der Waals surface area contributed by atoms with Gasteiger partial charge in [0.2, 0.25) is 0 Å². The van der Waals surface area contributed by atoms with Crippen LogP contribution in [-0.4, -0.2) is 49.2 Å². The standard InChI is InChI=1S/C10H16N4O3/c1-10(2)7-13(10)6-8(15)5-12-4-3-11-9(12)14(16)17/h3-4,8,15H,5-7H2,1-2H3. The summed E-state index contributed by atoms with van der Waals surface area (Å²) < 4.78 is 1.36. The minimum Gasteiger partial charge on any atom is -0.390 e. The summed E-state index contributed by atoms with van der Waals surface area (Å²) in [5.41, 5.74) is 0.155. The van der Waals surface area contributed by atoms with Crippen molar-refractivity contribution in [2.75, 3.05) is 13.1 Å². The Labute approximate surface area is 98.8 Å². The minimum absolute atomic E-state index is 0.155. The van der Waals surface area contributed by atoms with Gasteiger partial charge in [-0.15, -0.1) is 0 Å². The molecule has 7 heteroatoms. The van der Waals surface area contributed by atoms with Crippen molar-refractivity contribution in [2.45, 2.75) is 32.0 Å². The zero-order valence-corrected chi connectivity index (χ0v) is 9.91. The average Bonchev–Trinajstić information content (AvgIpc) is 2.62. The molecule has 0 aromatic carbocycles. The van der Waals surface area contributed by atoms with Gasteiger partial charge in [0.15, 0.2) is 0 Å². The fraction of sp³-hybridized carbons (Fsp3) is 0.700. The van der Waals surface area contributed by atoms with Gasteiger partial charge < -0.3 is 15.2 Å². The van der Waals surface area contributed by atoms with Gasteiger partial charge in [0.1, 0.15) is 12.4 Å². The molecule has 1 aromatic rings. The van der Waals surface area contributed by atoms with Crippen molar-refractivity contribution in [3.63, 3.8) is 0 Å².